The van der Waals surface area contributed by atoms with Gasteiger partial charge in [0.15, 0.2) is 0 Å². The van der Waals surface area contributed by atoms with Crippen molar-refractivity contribution in [1.29, 1.82) is 0 Å². The summed E-state index contributed by atoms with van der Waals surface area (Å²) in [4.78, 5) is 16.5. The van der Waals surface area contributed by atoms with Crippen LogP contribution in [0.2, 0.25) is 0 Å². The molecule has 4 aromatic carbocycles. The van der Waals surface area contributed by atoms with Gasteiger partial charge in [-0.05, 0) is 71.8 Å². The largest absolute Gasteiger partial charge is 0.443 e. The van der Waals surface area contributed by atoms with E-state index in [-0.39, 0.29) is 11.3 Å². The number of nitrogens with zero attached hydrogens (tertiary/aromatic N) is 3. The molecule has 3 aliphatic heterocycles. The third kappa shape index (κ3) is 3.91. The Labute approximate surface area is 239 Å². The normalized spacial score (nSPS) is 22.6. The molecular formula is C32H24BrN3O2S. The molecule has 1 saturated heterocycles. The SMILES string of the molecule is Cc1ccccc1/C=C1\SC(=O)N(c2ccccc2)C12Oc1ccc(Br)cc1C1CC(c3ccccc3)=NN12. The van der Waals surface area contributed by atoms with E-state index in [1.54, 1.807) is 4.90 Å². The Morgan fingerprint density at radius 3 is 2.46 bits per heavy atom. The van der Waals surface area contributed by atoms with Crippen molar-refractivity contribution in [3.8, 4) is 5.75 Å². The van der Waals surface area contributed by atoms with Crippen molar-refractivity contribution < 1.29 is 9.53 Å². The van der Waals surface area contributed by atoms with Gasteiger partial charge in [0.25, 0.3) is 5.24 Å². The first-order valence-electron chi connectivity index (χ1n) is 12.8. The zero-order valence-electron chi connectivity index (χ0n) is 21.1. The fraction of sp³-hybridized carbons (Fsp3) is 0.125. The number of aryl methyl sites for hydroxylation is 1. The lowest BCUT2D eigenvalue weighted by molar-refractivity contribution is -0.0763. The van der Waals surface area contributed by atoms with Crippen LogP contribution in [-0.4, -0.2) is 21.8 Å². The van der Waals surface area contributed by atoms with E-state index in [2.05, 4.69) is 59.3 Å². The fourth-order valence-corrected chi connectivity index (χ4v) is 6.96. The van der Waals surface area contributed by atoms with Crippen LogP contribution in [-0.2, 0) is 0 Å². The van der Waals surface area contributed by atoms with E-state index < -0.39 is 5.85 Å². The topological polar surface area (TPSA) is 45.1 Å². The number of carbonyl (C=O) groups excluding carboxylic acids is 1. The average molecular weight is 595 g/mol. The molecule has 1 spiro atoms. The number of thioether (sulfide) groups is 1. The second kappa shape index (κ2) is 9.43. The first-order chi connectivity index (χ1) is 19.0. The minimum atomic E-state index is -1.28. The minimum Gasteiger partial charge on any atom is -0.443 e. The van der Waals surface area contributed by atoms with Crippen LogP contribution in [0.25, 0.3) is 6.08 Å². The summed E-state index contributed by atoms with van der Waals surface area (Å²) in [5, 5.41) is 7.14. The van der Waals surface area contributed by atoms with Crippen molar-refractivity contribution in [3.63, 3.8) is 0 Å². The van der Waals surface area contributed by atoms with Crippen LogP contribution in [0.4, 0.5) is 10.5 Å². The number of carbonyl (C=O) groups is 1. The van der Waals surface area contributed by atoms with Crippen LogP contribution in [0.5, 0.6) is 5.75 Å². The highest BCUT2D eigenvalue weighted by Crippen LogP contribution is 2.57. The maximum absolute atomic E-state index is 13.9. The van der Waals surface area contributed by atoms with E-state index in [4.69, 9.17) is 9.84 Å². The third-order valence-corrected chi connectivity index (χ3v) is 8.86. The van der Waals surface area contributed by atoms with Crippen LogP contribution in [0.15, 0.2) is 118 Å². The highest BCUT2D eigenvalue weighted by molar-refractivity contribution is 9.10. The van der Waals surface area contributed by atoms with E-state index in [1.165, 1.54) is 11.8 Å². The van der Waals surface area contributed by atoms with Crippen molar-refractivity contribution in [2.75, 3.05) is 4.90 Å². The predicted octanol–water partition coefficient (Wildman–Crippen LogP) is 8.37. The number of ether oxygens (including phenoxy) is 1. The van der Waals surface area contributed by atoms with Gasteiger partial charge >= 0.3 is 5.85 Å². The molecule has 7 heteroatoms. The number of rotatable bonds is 3. The number of fused-ring (bicyclic) bond motifs is 4. The van der Waals surface area contributed by atoms with Gasteiger partial charge in [-0.1, -0.05) is 88.7 Å². The van der Waals surface area contributed by atoms with E-state index in [0.29, 0.717) is 6.42 Å². The monoisotopic (exact) mass is 593 g/mol. The Hall–Kier alpha value is -3.81. The lowest BCUT2D eigenvalue weighted by Gasteiger charge is -2.49. The first kappa shape index (κ1) is 24.2. The molecule has 2 atom stereocenters. The van der Waals surface area contributed by atoms with Gasteiger partial charge in [-0.3, -0.25) is 4.79 Å². The van der Waals surface area contributed by atoms with Crippen LogP contribution >= 0.6 is 27.7 Å². The zero-order valence-corrected chi connectivity index (χ0v) is 23.5. The smallest absolute Gasteiger partial charge is 0.321 e. The molecule has 0 aliphatic carbocycles. The Balaban J connectivity index is 1.50. The molecule has 192 valence electrons. The molecule has 3 heterocycles. The third-order valence-electron chi connectivity index (χ3n) is 7.40. The highest BCUT2D eigenvalue weighted by Gasteiger charge is 2.63. The quantitative estimate of drug-likeness (QED) is 0.239. The fourth-order valence-electron chi connectivity index (χ4n) is 5.53. The average Bonchev–Trinajstić information content (AvgIpc) is 3.52. The first-order valence-corrected chi connectivity index (χ1v) is 14.4. The predicted molar refractivity (Wildman–Crippen MR) is 161 cm³/mol. The molecule has 0 bridgehead atoms. The molecule has 0 aromatic heterocycles. The molecule has 39 heavy (non-hydrogen) atoms. The van der Waals surface area contributed by atoms with Gasteiger partial charge in [0, 0.05) is 16.5 Å². The van der Waals surface area contributed by atoms with E-state index in [0.717, 1.165) is 48.8 Å². The van der Waals surface area contributed by atoms with Gasteiger partial charge < -0.3 is 4.74 Å². The van der Waals surface area contributed by atoms with E-state index in [1.807, 2.05) is 77.8 Å². The summed E-state index contributed by atoms with van der Waals surface area (Å²) in [6.07, 6.45) is 2.77. The van der Waals surface area contributed by atoms with Crippen LogP contribution in [0.1, 0.15) is 34.7 Å². The minimum absolute atomic E-state index is 0.108. The second-order valence-corrected chi connectivity index (χ2v) is 11.7. The van der Waals surface area contributed by atoms with Crippen molar-refractivity contribution in [2.24, 2.45) is 5.10 Å². The van der Waals surface area contributed by atoms with Gasteiger partial charge in [0.05, 0.1) is 22.3 Å². The van der Waals surface area contributed by atoms with Gasteiger partial charge in [0.1, 0.15) is 5.75 Å². The van der Waals surface area contributed by atoms with Gasteiger partial charge in [-0.2, -0.15) is 5.10 Å². The van der Waals surface area contributed by atoms with Gasteiger partial charge in [0.2, 0.25) is 0 Å². The zero-order chi connectivity index (χ0) is 26.6. The molecule has 1 fully saturated rings. The maximum Gasteiger partial charge on any atom is 0.321 e. The Kier molecular flexibility index (Phi) is 5.86. The molecule has 0 N–H and O–H groups in total. The number of hydrazone groups is 1. The number of hydrogen-bond donors (Lipinski definition) is 0. The number of halogens is 1. The molecule has 1 amide bonds. The summed E-state index contributed by atoms with van der Waals surface area (Å²) >= 11 is 4.86. The maximum atomic E-state index is 13.9. The number of hydrogen-bond acceptors (Lipinski definition) is 5. The van der Waals surface area contributed by atoms with Crippen LogP contribution < -0.4 is 9.64 Å². The second-order valence-electron chi connectivity index (χ2n) is 9.77. The molecule has 0 saturated carbocycles. The number of para-hydroxylation sites is 1. The summed E-state index contributed by atoms with van der Waals surface area (Å²) in [6, 6.07) is 34.1. The highest BCUT2D eigenvalue weighted by atomic mass is 79.9. The Morgan fingerprint density at radius 1 is 0.974 bits per heavy atom. The summed E-state index contributed by atoms with van der Waals surface area (Å²) in [7, 11) is 0. The number of amides is 1. The standard InChI is InChI=1S/C32H24BrN3O2S/c1-21-10-8-9-13-23(21)18-30-32(35(31(37)39-30)25-14-6-3-7-15-25)36-28(26-19-24(33)16-17-29(26)38-32)20-27(34-36)22-11-4-2-5-12-22/h2-19,28H,20H2,1H3/b30-18-. The van der Waals surface area contributed by atoms with Crippen molar-refractivity contribution in [1.82, 2.24) is 5.01 Å². The van der Waals surface area contributed by atoms with Gasteiger partial charge in [-0.15, -0.1) is 0 Å². The lowest BCUT2D eigenvalue weighted by Crippen LogP contribution is -2.63. The summed E-state index contributed by atoms with van der Waals surface area (Å²) in [6.45, 7) is 2.08. The number of benzene rings is 4. The van der Waals surface area contributed by atoms with Crippen molar-refractivity contribution >= 4 is 50.4 Å². The van der Waals surface area contributed by atoms with E-state index in [9.17, 15) is 4.79 Å². The Morgan fingerprint density at radius 2 is 1.69 bits per heavy atom. The molecular weight excluding hydrogens is 570 g/mol. The summed E-state index contributed by atoms with van der Waals surface area (Å²) < 4.78 is 7.98. The van der Waals surface area contributed by atoms with Crippen molar-refractivity contribution in [2.45, 2.75) is 25.2 Å². The van der Waals surface area contributed by atoms with Gasteiger partial charge in [-0.25, -0.2) is 9.91 Å². The molecule has 3 aliphatic rings. The lowest BCUT2D eigenvalue weighted by atomic mass is 9.95. The molecule has 2 unspecified atom stereocenters. The summed E-state index contributed by atoms with van der Waals surface area (Å²) in [5.74, 6) is -0.538. The number of anilines is 1. The molecule has 7 rings (SSSR count). The van der Waals surface area contributed by atoms with Crippen LogP contribution in [0, 0.1) is 6.92 Å². The van der Waals surface area contributed by atoms with E-state index >= 15 is 0 Å². The van der Waals surface area contributed by atoms with Crippen molar-refractivity contribution in [3.05, 3.63) is 135 Å². The molecule has 4 aromatic rings. The Bertz CT molecular complexity index is 1660. The molecule has 5 nitrogen and oxygen atoms in total. The molecule has 0 radical (unpaired) electrons. The summed E-state index contributed by atoms with van der Waals surface area (Å²) in [5.41, 5.74) is 5.98. The van der Waals surface area contributed by atoms with Crippen LogP contribution in [0.3, 0.4) is 0 Å².